The second-order valence-electron chi connectivity index (χ2n) is 4.07. The minimum absolute atomic E-state index is 0.155. The summed E-state index contributed by atoms with van der Waals surface area (Å²) < 4.78 is 18.2. The van der Waals surface area contributed by atoms with E-state index >= 15 is 0 Å². The third-order valence-corrected chi connectivity index (χ3v) is 2.60. The summed E-state index contributed by atoms with van der Waals surface area (Å²) in [5.74, 6) is -0.748. The highest BCUT2D eigenvalue weighted by molar-refractivity contribution is 5.71. The molecule has 0 aromatic heterocycles. The Morgan fingerprint density at radius 2 is 2.16 bits per heavy atom. The highest BCUT2D eigenvalue weighted by atomic mass is 19.1. The first-order valence-corrected chi connectivity index (χ1v) is 6.16. The van der Waals surface area contributed by atoms with E-state index in [9.17, 15) is 9.18 Å². The van der Waals surface area contributed by atoms with Crippen LogP contribution in [0.4, 0.5) is 4.39 Å². The van der Waals surface area contributed by atoms with Crippen LogP contribution in [0.3, 0.4) is 0 Å². The molecule has 1 aromatic carbocycles. The lowest BCUT2D eigenvalue weighted by molar-refractivity contribution is -0.144. The second-order valence-corrected chi connectivity index (χ2v) is 4.07. The molecule has 5 heteroatoms. The Morgan fingerprint density at radius 3 is 2.74 bits per heavy atom. The van der Waals surface area contributed by atoms with E-state index in [4.69, 9.17) is 10.00 Å². The van der Waals surface area contributed by atoms with Crippen molar-refractivity contribution < 1.29 is 13.9 Å². The van der Waals surface area contributed by atoms with E-state index < -0.39 is 5.82 Å². The van der Waals surface area contributed by atoms with Gasteiger partial charge in [0.05, 0.1) is 24.8 Å². The summed E-state index contributed by atoms with van der Waals surface area (Å²) >= 11 is 0. The van der Waals surface area contributed by atoms with Gasteiger partial charge in [-0.15, -0.1) is 0 Å². The predicted octanol–water partition coefficient (Wildman–Crippen LogP) is 2.08. The SMILES string of the molecule is CCOC(=O)CN(CC)Cc1cc(F)cc(C#N)c1. The number of likely N-dealkylation sites (N-methyl/N-ethyl adjacent to an activating group) is 1. The summed E-state index contributed by atoms with van der Waals surface area (Å²) in [5.41, 5.74) is 0.949. The Kier molecular flexibility index (Phi) is 5.97. The van der Waals surface area contributed by atoms with Crippen LogP contribution in [0.2, 0.25) is 0 Å². The highest BCUT2D eigenvalue weighted by Gasteiger charge is 2.11. The van der Waals surface area contributed by atoms with Crippen molar-refractivity contribution >= 4 is 5.97 Å². The lowest BCUT2D eigenvalue weighted by atomic mass is 10.1. The van der Waals surface area contributed by atoms with Crippen molar-refractivity contribution in [1.29, 1.82) is 5.26 Å². The molecule has 1 aromatic rings. The number of carbonyl (C=O) groups is 1. The Balaban J connectivity index is 2.73. The third kappa shape index (κ3) is 5.06. The number of hydrogen-bond acceptors (Lipinski definition) is 4. The monoisotopic (exact) mass is 264 g/mol. The molecule has 1 rings (SSSR count). The molecule has 0 fully saturated rings. The molecule has 102 valence electrons. The van der Waals surface area contributed by atoms with Crippen LogP contribution in [0.15, 0.2) is 18.2 Å². The Labute approximate surface area is 112 Å². The van der Waals surface area contributed by atoms with Crippen molar-refractivity contribution in [2.75, 3.05) is 19.7 Å². The number of carbonyl (C=O) groups excluding carboxylic acids is 1. The largest absolute Gasteiger partial charge is 0.465 e. The summed E-state index contributed by atoms with van der Waals surface area (Å²) in [6, 6.07) is 6.09. The zero-order valence-corrected chi connectivity index (χ0v) is 11.1. The summed E-state index contributed by atoms with van der Waals surface area (Å²) in [6.45, 7) is 5.19. The van der Waals surface area contributed by atoms with Crippen molar-refractivity contribution in [2.45, 2.75) is 20.4 Å². The van der Waals surface area contributed by atoms with E-state index in [0.717, 1.165) is 0 Å². The fraction of sp³-hybridized carbons (Fsp3) is 0.429. The van der Waals surface area contributed by atoms with Crippen LogP contribution in [0.5, 0.6) is 0 Å². The van der Waals surface area contributed by atoms with E-state index in [1.165, 1.54) is 12.1 Å². The van der Waals surface area contributed by atoms with Gasteiger partial charge in [-0.25, -0.2) is 4.39 Å². The molecule has 0 radical (unpaired) electrons. The number of esters is 1. The topological polar surface area (TPSA) is 53.3 Å². The van der Waals surface area contributed by atoms with Gasteiger partial charge in [-0.05, 0) is 37.2 Å². The number of rotatable bonds is 6. The van der Waals surface area contributed by atoms with Gasteiger partial charge in [0.1, 0.15) is 5.82 Å². The zero-order chi connectivity index (χ0) is 14.3. The molecule has 0 atom stereocenters. The number of nitriles is 1. The van der Waals surface area contributed by atoms with Crippen LogP contribution in [0.25, 0.3) is 0 Å². The number of ether oxygens (including phenoxy) is 1. The number of benzene rings is 1. The van der Waals surface area contributed by atoms with Crippen LogP contribution in [0.1, 0.15) is 25.0 Å². The predicted molar refractivity (Wildman–Crippen MR) is 68.7 cm³/mol. The van der Waals surface area contributed by atoms with Gasteiger partial charge >= 0.3 is 5.97 Å². The maximum atomic E-state index is 13.3. The lowest BCUT2D eigenvalue weighted by Gasteiger charge is -2.19. The molecular weight excluding hydrogens is 247 g/mol. The molecule has 0 N–H and O–H groups in total. The van der Waals surface area contributed by atoms with Gasteiger partial charge in [-0.2, -0.15) is 5.26 Å². The van der Waals surface area contributed by atoms with Crippen LogP contribution in [-0.4, -0.2) is 30.6 Å². The first kappa shape index (κ1) is 15.1. The van der Waals surface area contributed by atoms with Crippen molar-refractivity contribution in [3.05, 3.63) is 35.1 Å². The fourth-order valence-corrected chi connectivity index (χ4v) is 1.73. The van der Waals surface area contributed by atoms with Crippen LogP contribution < -0.4 is 0 Å². The number of hydrogen-bond donors (Lipinski definition) is 0. The van der Waals surface area contributed by atoms with Gasteiger partial charge in [0, 0.05) is 6.54 Å². The minimum Gasteiger partial charge on any atom is -0.465 e. The van der Waals surface area contributed by atoms with Crippen LogP contribution in [-0.2, 0) is 16.1 Å². The molecule has 4 nitrogen and oxygen atoms in total. The third-order valence-electron chi connectivity index (χ3n) is 2.60. The molecule has 0 spiro atoms. The second kappa shape index (κ2) is 7.49. The molecule has 0 heterocycles. The smallest absolute Gasteiger partial charge is 0.320 e. The molecule has 0 aliphatic rings. The summed E-state index contributed by atoms with van der Waals surface area (Å²) in [6.07, 6.45) is 0. The molecular formula is C14H17FN2O2. The van der Waals surface area contributed by atoms with Crippen LogP contribution >= 0.6 is 0 Å². The molecule has 0 saturated carbocycles. The number of nitrogens with zero attached hydrogens (tertiary/aromatic N) is 2. The molecule has 0 aliphatic heterocycles. The molecule has 0 saturated heterocycles. The van der Waals surface area contributed by atoms with Crippen molar-refractivity contribution in [3.8, 4) is 6.07 Å². The fourth-order valence-electron chi connectivity index (χ4n) is 1.73. The van der Waals surface area contributed by atoms with Gasteiger partial charge in [-0.1, -0.05) is 6.92 Å². The van der Waals surface area contributed by atoms with E-state index in [0.29, 0.717) is 25.3 Å². The zero-order valence-electron chi connectivity index (χ0n) is 11.1. The first-order valence-electron chi connectivity index (χ1n) is 6.16. The molecule has 0 unspecified atom stereocenters. The molecule has 19 heavy (non-hydrogen) atoms. The maximum Gasteiger partial charge on any atom is 0.320 e. The summed E-state index contributed by atoms with van der Waals surface area (Å²) in [4.78, 5) is 13.2. The summed E-state index contributed by atoms with van der Waals surface area (Å²) in [5, 5.41) is 8.79. The average Bonchev–Trinajstić information content (AvgIpc) is 2.37. The van der Waals surface area contributed by atoms with E-state index in [1.54, 1.807) is 13.0 Å². The highest BCUT2D eigenvalue weighted by Crippen LogP contribution is 2.11. The van der Waals surface area contributed by atoms with Gasteiger partial charge in [0.2, 0.25) is 0 Å². The van der Waals surface area contributed by atoms with Crippen molar-refractivity contribution in [3.63, 3.8) is 0 Å². The van der Waals surface area contributed by atoms with Gasteiger partial charge in [0.25, 0.3) is 0 Å². The Morgan fingerprint density at radius 1 is 1.42 bits per heavy atom. The Bertz CT molecular complexity index is 483. The molecule has 0 bridgehead atoms. The molecule has 0 aliphatic carbocycles. The quantitative estimate of drug-likeness (QED) is 0.738. The van der Waals surface area contributed by atoms with Gasteiger partial charge < -0.3 is 4.74 Å². The number of halogens is 1. The lowest BCUT2D eigenvalue weighted by Crippen LogP contribution is -2.30. The Hall–Kier alpha value is -1.93. The normalized spacial score (nSPS) is 10.3. The minimum atomic E-state index is -0.443. The van der Waals surface area contributed by atoms with Gasteiger partial charge in [0.15, 0.2) is 0 Å². The standard InChI is InChI=1S/C14H17FN2O2/c1-3-17(10-14(18)19-4-2)9-12-5-11(8-16)6-13(15)7-12/h5-7H,3-4,9-10H2,1-2H3. The van der Waals surface area contributed by atoms with Crippen LogP contribution in [0, 0.1) is 17.1 Å². The van der Waals surface area contributed by atoms with E-state index in [2.05, 4.69) is 0 Å². The average molecular weight is 264 g/mol. The maximum absolute atomic E-state index is 13.3. The van der Waals surface area contributed by atoms with E-state index in [-0.39, 0.29) is 18.1 Å². The van der Waals surface area contributed by atoms with Crippen molar-refractivity contribution in [2.24, 2.45) is 0 Å². The van der Waals surface area contributed by atoms with Gasteiger partial charge in [-0.3, -0.25) is 9.69 Å². The summed E-state index contributed by atoms with van der Waals surface area (Å²) in [7, 11) is 0. The molecule has 0 amide bonds. The first-order chi connectivity index (χ1) is 9.08. The van der Waals surface area contributed by atoms with Crippen molar-refractivity contribution in [1.82, 2.24) is 4.90 Å². The van der Waals surface area contributed by atoms with E-state index in [1.807, 2.05) is 17.9 Å².